The minimum atomic E-state index is -1.10. The number of nitrogens with zero attached hydrogens (tertiary/aromatic N) is 1. The van der Waals surface area contributed by atoms with Gasteiger partial charge in [-0.3, -0.25) is 0 Å². The topological polar surface area (TPSA) is 50.2 Å². The van der Waals surface area contributed by atoms with Crippen molar-refractivity contribution < 1.29 is 9.90 Å². The first-order valence-electron chi connectivity index (χ1n) is 5.15. The SMILES string of the molecule is Cc1c(Cl)cccc1-c1cnc(Cl)c(C(=O)O)c1. The molecule has 5 heteroatoms. The number of carbonyl (C=O) groups is 1. The van der Waals surface area contributed by atoms with Gasteiger partial charge in [-0.2, -0.15) is 0 Å². The number of halogens is 2. The van der Waals surface area contributed by atoms with E-state index < -0.39 is 5.97 Å². The fourth-order valence-corrected chi connectivity index (χ4v) is 2.02. The van der Waals surface area contributed by atoms with Crippen LogP contribution in [0.1, 0.15) is 15.9 Å². The highest BCUT2D eigenvalue weighted by molar-refractivity contribution is 6.32. The lowest BCUT2D eigenvalue weighted by molar-refractivity contribution is 0.0696. The molecule has 0 amide bonds. The largest absolute Gasteiger partial charge is 0.478 e. The molecule has 2 rings (SSSR count). The maximum Gasteiger partial charge on any atom is 0.338 e. The van der Waals surface area contributed by atoms with E-state index in [4.69, 9.17) is 28.3 Å². The van der Waals surface area contributed by atoms with Crippen molar-refractivity contribution in [3.63, 3.8) is 0 Å². The van der Waals surface area contributed by atoms with Gasteiger partial charge in [0.05, 0.1) is 5.56 Å². The van der Waals surface area contributed by atoms with E-state index >= 15 is 0 Å². The normalized spacial score (nSPS) is 10.4. The summed E-state index contributed by atoms with van der Waals surface area (Å²) >= 11 is 11.8. The highest BCUT2D eigenvalue weighted by Gasteiger charge is 2.13. The molecule has 0 saturated heterocycles. The van der Waals surface area contributed by atoms with Crippen molar-refractivity contribution in [2.45, 2.75) is 6.92 Å². The number of pyridine rings is 1. The Bertz CT molecular complexity index is 626. The van der Waals surface area contributed by atoms with Gasteiger partial charge in [-0.1, -0.05) is 35.3 Å². The van der Waals surface area contributed by atoms with Crippen LogP contribution in [0.25, 0.3) is 11.1 Å². The fourth-order valence-electron chi connectivity index (χ4n) is 1.67. The maximum atomic E-state index is 11.0. The second-order valence-corrected chi connectivity index (χ2v) is 4.55. The van der Waals surface area contributed by atoms with Crippen molar-refractivity contribution in [1.82, 2.24) is 4.98 Å². The quantitative estimate of drug-likeness (QED) is 0.845. The molecule has 0 bridgehead atoms. The van der Waals surface area contributed by atoms with E-state index in [-0.39, 0.29) is 10.7 Å². The first-order valence-corrected chi connectivity index (χ1v) is 5.90. The average molecular weight is 282 g/mol. The second-order valence-electron chi connectivity index (χ2n) is 3.78. The van der Waals surface area contributed by atoms with Gasteiger partial charge in [0.15, 0.2) is 0 Å². The highest BCUT2D eigenvalue weighted by Crippen LogP contribution is 2.29. The standard InChI is InChI=1S/C13H9Cl2NO2/c1-7-9(3-2-4-11(7)14)8-5-10(13(17)18)12(15)16-6-8/h2-6H,1H3,(H,17,18). The van der Waals surface area contributed by atoms with Crippen LogP contribution in [0.4, 0.5) is 0 Å². The molecule has 0 saturated carbocycles. The van der Waals surface area contributed by atoms with Gasteiger partial charge in [0.25, 0.3) is 0 Å². The zero-order valence-corrected chi connectivity index (χ0v) is 11.0. The smallest absolute Gasteiger partial charge is 0.338 e. The van der Waals surface area contributed by atoms with E-state index in [1.807, 2.05) is 13.0 Å². The molecular weight excluding hydrogens is 273 g/mol. The van der Waals surface area contributed by atoms with Crippen molar-refractivity contribution in [3.8, 4) is 11.1 Å². The minimum absolute atomic E-state index is 0.0199. The molecule has 0 aliphatic rings. The fraction of sp³-hybridized carbons (Fsp3) is 0.0769. The van der Waals surface area contributed by atoms with Crippen LogP contribution in [0.5, 0.6) is 0 Å². The summed E-state index contributed by atoms with van der Waals surface area (Å²) in [6.45, 7) is 1.87. The summed E-state index contributed by atoms with van der Waals surface area (Å²) in [6.07, 6.45) is 1.54. The third-order valence-electron chi connectivity index (χ3n) is 2.65. The molecule has 0 aliphatic carbocycles. The number of aromatic carboxylic acids is 1. The van der Waals surface area contributed by atoms with E-state index in [0.717, 1.165) is 11.1 Å². The monoisotopic (exact) mass is 281 g/mol. The minimum Gasteiger partial charge on any atom is -0.478 e. The molecule has 2 aromatic rings. The van der Waals surface area contributed by atoms with Crippen molar-refractivity contribution in [3.05, 3.63) is 51.8 Å². The Morgan fingerprint density at radius 1 is 1.33 bits per heavy atom. The Kier molecular flexibility index (Phi) is 3.55. The van der Waals surface area contributed by atoms with Crippen molar-refractivity contribution in [1.29, 1.82) is 0 Å². The molecule has 1 aromatic carbocycles. The number of aromatic nitrogens is 1. The summed E-state index contributed by atoms with van der Waals surface area (Å²) in [5.41, 5.74) is 2.37. The Hall–Kier alpha value is -1.58. The Balaban J connectivity index is 2.62. The third kappa shape index (κ3) is 2.33. The van der Waals surface area contributed by atoms with E-state index in [1.54, 1.807) is 12.1 Å². The maximum absolute atomic E-state index is 11.0. The van der Waals surface area contributed by atoms with E-state index in [0.29, 0.717) is 10.6 Å². The van der Waals surface area contributed by atoms with E-state index in [1.165, 1.54) is 12.3 Å². The van der Waals surface area contributed by atoms with Crippen molar-refractivity contribution in [2.75, 3.05) is 0 Å². The molecule has 0 unspecified atom stereocenters. The molecule has 0 spiro atoms. The van der Waals surface area contributed by atoms with Crippen LogP contribution < -0.4 is 0 Å². The lowest BCUT2D eigenvalue weighted by atomic mass is 10.0. The summed E-state index contributed by atoms with van der Waals surface area (Å²) in [5, 5.41) is 9.61. The molecule has 0 radical (unpaired) electrons. The number of benzene rings is 1. The molecule has 0 aliphatic heterocycles. The number of hydrogen-bond donors (Lipinski definition) is 1. The van der Waals surface area contributed by atoms with Gasteiger partial charge in [0.2, 0.25) is 0 Å². The predicted molar refractivity (Wildman–Crippen MR) is 71.4 cm³/mol. The van der Waals surface area contributed by atoms with E-state index in [9.17, 15) is 4.79 Å². The molecule has 1 heterocycles. The molecule has 1 N–H and O–H groups in total. The Morgan fingerprint density at radius 3 is 2.72 bits per heavy atom. The molecule has 3 nitrogen and oxygen atoms in total. The summed E-state index contributed by atoms with van der Waals surface area (Å²) < 4.78 is 0. The van der Waals surface area contributed by atoms with Crippen LogP contribution in [0.3, 0.4) is 0 Å². The number of carboxylic acids is 1. The highest BCUT2D eigenvalue weighted by atomic mass is 35.5. The Morgan fingerprint density at radius 2 is 2.06 bits per heavy atom. The van der Waals surface area contributed by atoms with Crippen LogP contribution in [0.2, 0.25) is 10.2 Å². The summed E-state index contributed by atoms with van der Waals surface area (Å²) in [6, 6.07) is 6.94. The lowest BCUT2D eigenvalue weighted by Crippen LogP contribution is -2.00. The second kappa shape index (κ2) is 4.96. The summed E-state index contributed by atoms with van der Waals surface area (Å²) in [4.78, 5) is 14.9. The number of carboxylic acid groups (broad SMARTS) is 1. The molecule has 1 aromatic heterocycles. The van der Waals surface area contributed by atoms with Crippen molar-refractivity contribution >= 4 is 29.2 Å². The lowest BCUT2D eigenvalue weighted by Gasteiger charge is -2.08. The van der Waals surface area contributed by atoms with Crippen LogP contribution in [0.15, 0.2) is 30.5 Å². The third-order valence-corrected chi connectivity index (χ3v) is 3.36. The first-order chi connectivity index (χ1) is 8.50. The first kappa shape index (κ1) is 12.9. The molecule has 18 heavy (non-hydrogen) atoms. The molecule has 0 atom stereocenters. The number of rotatable bonds is 2. The predicted octanol–water partition coefficient (Wildman–Crippen LogP) is 4.06. The van der Waals surface area contributed by atoms with Gasteiger partial charge in [-0.15, -0.1) is 0 Å². The zero-order chi connectivity index (χ0) is 13.3. The van der Waals surface area contributed by atoms with Gasteiger partial charge >= 0.3 is 5.97 Å². The molecular formula is C13H9Cl2NO2. The van der Waals surface area contributed by atoms with E-state index in [2.05, 4.69) is 4.98 Å². The van der Waals surface area contributed by atoms with Crippen LogP contribution in [-0.4, -0.2) is 16.1 Å². The van der Waals surface area contributed by atoms with Gasteiger partial charge < -0.3 is 5.11 Å². The van der Waals surface area contributed by atoms with Crippen molar-refractivity contribution in [2.24, 2.45) is 0 Å². The van der Waals surface area contributed by atoms with Gasteiger partial charge in [-0.05, 0) is 30.2 Å². The van der Waals surface area contributed by atoms with Crippen LogP contribution in [0, 0.1) is 6.92 Å². The summed E-state index contributed by atoms with van der Waals surface area (Å²) in [7, 11) is 0. The summed E-state index contributed by atoms with van der Waals surface area (Å²) in [5.74, 6) is -1.10. The Labute approximate surface area is 114 Å². The molecule has 92 valence electrons. The molecule has 0 fully saturated rings. The van der Waals surface area contributed by atoms with Gasteiger partial charge in [0, 0.05) is 16.8 Å². The number of hydrogen-bond acceptors (Lipinski definition) is 2. The van der Waals surface area contributed by atoms with Gasteiger partial charge in [-0.25, -0.2) is 9.78 Å². The zero-order valence-electron chi connectivity index (χ0n) is 9.45. The van der Waals surface area contributed by atoms with Gasteiger partial charge in [0.1, 0.15) is 5.15 Å². The average Bonchev–Trinajstić information content (AvgIpc) is 2.33. The van der Waals surface area contributed by atoms with Crippen LogP contribution in [-0.2, 0) is 0 Å². The van der Waals surface area contributed by atoms with Crippen LogP contribution >= 0.6 is 23.2 Å².